The molecule has 0 heterocycles. The van der Waals surface area contributed by atoms with E-state index in [2.05, 4.69) is 54.4 Å². The molecule has 0 saturated carbocycles. The van der Waals surface area contributed by atoms with Crippen molar-refractivity contribution in [1.29, 1.82) is 0 Å². The molecule has 0 radical (unpaired) electrons. The van der Waals surface area contributed by atoms with Gasteiger partial charge in [0.2, 0.25) is 0 Å². The van der Waals surface area contributed by atoms with E-state index in [4.69, 9.17) is 0 Å². The zero-order valence-electron chi connectivity index (χ0n) is 16.5. The second-order valence-corrected chi connectivity index (χ2v) is 18.9. The fraction of sp³-hybridized carbons (Fsp3) is 0.652. The van der Waals surface area contributed by atoms with Crippen LogP contribution in [0.3, 0.4) is 0 Å². The van der Waals surface area contributed by atoms with Crippen molar-refractivity contribution in [3.8, 4) is 0 Å². The monoisotopic (exact) mass is 491 g/mol. The van der Waals surface area contributed by atoms with Crippen LogP contribution in [-0.4, -0.2) is 0 Å². The number of hydrogen-bond acceptors (Lipinski definition) is 0. The van der Waals surface area contributed by atoms with Crippen LogP contribution in [-0.2, 0) is 37.5 Å². The summed E-state index contributed by atoms with van der Waals surface area (Å²) in [7, 11) is 0. The van der Waals surface area contributed by atoms with Crippen LogP contribution in [0, 0.1) is 5.41 Å². The molecule has 0 aromatic heterocycles. The molecule has 0 N–H and O–H groups in total. The third-order valence-electron chi connectivity index (χ3n) is 7.10. The van der Waals surface area contributed by atoms with Crippen LogP contribution >= 0.6 is 0 Å². The summed E-state index contributed by atoms with van der Waals surface area (Å²) in [5, 5.41) is 0. The topological polar surface area (TPSA) is 0 Å². The Morgan fingerprint density at radius 1 is 0.958 bits per heavy atom. The summed E-state index contributed by atoms with van der Waals surface area (Å²) >= 11 is -1.59. The first-order valence-electron chi connectivity index (χ1n) is 10.2. The summed E-state index contributed by atoms with van der Waals surface area (Å²) in [6.45, 7) is 7.11. The SMILES string of the molecule is CCCCC[C]1([Hf]([CH3])[CH3])C=Cc2cc3c(cc21)CC(CC)(CC)C3. The normalized spacial score (nSPS) is 23.4. The van der Waals surface area contributed by atoms with Crippen LogP contribution in [0.25, 0.3) is 6.08 Å². The van der Waals surface area contributed by atoms with E-state index in [-0.39, 0.29) is 0 Å². The van der Waals surface area contributed by atoms with Gasteiger partial charge in [-0.1, -0.05) is 0 Å². The number of rotatable bonds is 7. The Labute approximate surface area is 157 Å². The van der Waals surface area contributed by atoms with Gasteiger partial charge in [-0.2, -0.15) is 0 Å². The summed E-state index contributed by atoms with van der Waals surface area (Å²) in [4.78, 5) is 0. The first-order chi connectivity index (χ1) is 11.5. The summed E-state index contributed by atoms with van der Waals surface area (Å²) in [6.07, 6.45) is 15.9. The fourth-order valence-corrected chi connectivity index (χ4v) is 11.7. The molecule has 131 valence electrons. The number of allylic oxidation sites excluding steroid dienone is 1. The third-order valence-corrected chi connectivity index (χ3v) is 16.0. The molecule has 0 nitrogen and oxygen atoms in total. The van der Waals surface area contributed by atoms with Crippen molar-refractivity contribution in [2.24, 2.45) is 5.41 Å². The van der Waals surface area contributed by atoms with Crippen LogP contribution in [0.4, 0.5) is 0 Å². The van der Waals surface area contributed by atoms with E-state index in [1.807, 2.05) is 0 Å². The molecule has 1 heteroatoms. The van der Waals surface area contributed by atoms with Gasteiger partial charge in [0.05, 0.1) is 0 Å². The third kappa shape index (κ3) is 3.04. The molecule has 0 bridgehead atoms. The van der Waals surface area contributed by atoms with Crippen molar-refractivity contribution in [2.45, 2.75) is 84.7 Å². The molecular formula is C23H35Hf. The van der Waals surface area contributed by atoms with Crippen molar-refractivity contribution in [2.75, 3.05) is 0 Å². The predicted octanol–water partition coefficient (Wildman–Crippen LogP) is 7.11. The first kappa shape index (κ1) is 18.6. The maximum absolute atomic E-state index is 2.67. The van der Waals surface area contributed by atoms with Gasteiger partial charge in [-0.25, -0.2) is 0 Å². The first-order valence-corrected chi connectivity index (χ1v) is 19.1. The quantitative estimate of drug-likeness (QED) is 0.283. The molecule has 0 spiro atoms. The van der Waals surface area contributed by atoms with E-state index in [1.165, 1.54) is 51.4 Å². The molecular weight excluding hydrogens is 455 g/mol. The Bertz CT molecular complexity index is 621. The minimum absolute atomic E-state index is 0.494. The van der Waals surface area contributed by atoms with Gasteiger partial charge in [-0.05, 0) is 0 Å². The Morgan fingerprint density at radius 3 is 2.21 bits per heavy atom. The molecule has 2 aliphatic carbocycles. The standard InChI is InChI=1S/C21H29.2CH3.Hf/c1-4-7-8-9-16-10-11-17-12-18-14-21(5-2,6-3)15-19(18)13-20(16)17;;;/h10-13H,4-9,14-15H2,1-3H3;2*1H3;. The van der Waals surface area contributed by atoms with Gasteiger partial charge in [0, 0.05) is 0 Å². The van der Waals surface area contributed by atoms with Crippen LogP contribution < -0.4 is 0 Å². The molecule has 1 aromatic carbocycles. The van der Waals surface area contributed by atoms with Gasteiger partial charge >= 0.3 is 158 Å². The Kier molecular flexibility index (Phi) is 5.60. The van der Waals surface area contributed by atoms with E-state index in [0.717, 1.165) is 0 Å². The number of unbranched alkanes of at least 4 members (excludes halogenated alkanes) is 2. The van der Waals surface area contributed by atoms with Gasteiger partial charge in [0.25, 0.3) is 0 Å². The molecule has 24 heavy (non-hydrogen) atoms. The summed E-state index contributed by atoms with van der Waals surface area (Å²) in [5.41, 5.74) is 7.19. The second kappa shape index (κ2) is 7.22. The fourth-order valence-electron chi connectivity index (χ4n) is 5.06. The number of hydrogen-bond donors (Lipinski definition) is 0. The number of benzene rings is 1. The van der Waals surface area contributed by atoms with E-state index in [0.29, 0.717) is 8.59 Å². The van der Waals surface area contributed by atoms with E-state index < -0.39 is 21.4 Å². The minimum atomic E-state index is -1.59. The number of fused-ring (bicyclic) bond motifs is 2. The average molecular weight is 490 g/mol. The molecule has 0 fully saturated rings. The molecule has 2 aliphatic rings. The van der Waals surface area contributed by atoms with E-state index in [9.17, 15) is 0 Å². The van der Waals surface area contributed by atoms with Gasteiger partial charge in [-0.3, -0.25) is 0 Å². The summed E-state index contributed by atoms with van der Waals surface area (Å²) < 4.78 is 5.76. The van der Waals surface area contributed by atoms with Crippen LogP contribution in [0.2, 0.25) is 9.36 Å². The molecule has 1 aromatic rings. The second-order valence-electron chi connectivity index (χ2n) is 8.53. The summed E-state index contributed by atoms with van der Waals surface area (Å²) in [5.74, 6) is 0. The van der Waals surface area contributed by atoms with E-state index >= 15 is 0 Å². The molecule has 1 atom stereocenters. The van der Waals surface area contributed by atoms with Gasteiger partial charge < -0.3 is 0 Å². The molecule has 3 rings (SSSR count). The van der Waals surface area contributed by atoms with Gasteiger partial charge in [0.1, 0.15) is 0 Å². The Hall–Kier alpha value is -0.170. The molecule has 0 amide bonds. The van der Waals surface area contributed by atoms with Crippen LogP contribution in [0.15, 0.2) is 18.2 Å². The van der Waals surface area contributed by atoms with E-state index in [1.54, 1.807) is 22.3 Å². The van der Waals surface area contributed by atoms with Crippen molar-refractivity contribution in [1.82, 2.24) is 0 Å². The Balaban J connectivity index is 1.96. The zero-order chi connectivity index (χ0) is 17.4. The van der Waals surface area contributed by atoms with Crippen molar-refractivity contribution in [3.05, 3.63) is 40.5 Å². The molecule has 0 aliphatic heterocycles. The Morgan fingerprint density at radius 2 is 1.62 bits per heavy atom. The van der Waals surface area contributed by atoms with Crippen LogP contribution in [0.5, 0.6) is 0 Å². The average Bonchev–Trinajstić information content (AvgIpc) is 3.12. The predicted molar refractivity (Wildman–Crippen MR) is 103 cm³/mol. The van der Waals surface area contributed by atoms with Crippen LogP contribution in [0.1, 0.15) is 81.5 Å². The maximum atomic E-state index is 2.67. The molecule has 0 saturated heterocycles. The molecule has 1 unspecified atom stereocenters. The van der Waals surface area contributed by atoms with Crippen molar-refractivity contribution in [3.63, 3.8) is 0 Å². The van der Waals surface area contributed by atoms with Gasteiger partial charge in [0.15, 0.2) is 0 Å². The van der Waals surface area contributed by atoms with Crippen molar-refractivity contribution < 1.29 is 21.4 Å². The van der Waals surface area contributed by atoms with Gasteiger partial charge in [-0.15, -0.1) is 0 Å². The van der Waals surface area contributed by atoms with Crippen molar-refractivity contribution >= 4 is 6.08 Å². The summed E-state index contributed by atoms with van der Waals surface area (Å²) in [6, 6.07) is 5.24. The zero-order valence-corrected chi connectivity index (χ0v) is 20.1.